The van der Waals surface area contributed by atoms with Crippen LogP contribution in [0.2, 0.25) is 0 Å². The fraction of sp³-hybridized carbons (Fsp3) is 0.267. The standard InChI is InChI=1S/C15H18N2O/c1-16-15-7-6-14(11-17-15)13-5-3-4-12(10-13)8-9-18-2/h3-7,10-11H,8-9H2,1-2H3,(H,16,17). The number of ether oxygens (including phenoxy) is 1. The Kier molecular flexibility index (Phi) is 4.31. The van der Waals surface area contributed by atoms with Crippen LogP contribution in [0.25, 0.3) is 11.1 Å². The van der Waals surface area contributed by atoms with Crippen molar-refractivity contribution < 1.29 is 4.74 Å². The van der Waals surface area contributed by atoms with Gasteiger partial charge in [-0.2, -0.15) is 0 Å². The van der Waals surface area contributed by atoms with Crippen molar-refractivity contribution in [1.82, 2.24) is 4.98 Å². The lowest BCUT2D eigenvalue weighted by Crippen LogP contribution is -1.95. The number of aromatic nitrogens is 1. The van der Waals surface area contributed by atoms with E-state index < -0.39 is 0 Å². The zero-order valence-electron chi connectivity index (χ0n) is 10.8. The molecule has 0 saturated heterocycles. The topological polar surface area (TPSA) is 34.1 Å². The van der Waals surface area contributed by atoms with Gasteiger partial charge in [-0.05, 0) is 29.7 Å². The van der Waals surface area contributed by atoms with Crippen LogP contribution in [0.5, 0.6) is 0 Å². The maximum absolute atomic E-state index is 5.10. The Hall–Kier alpha value is -1.87. The highest BCUT2D eigenvalue weighted by atomic mass is 16.5. The lowest BCUT2D eigenvalue weighted by atomic mass is 10.0. The molecule has 94 valence electrons. The lowest BCUT2D eigenvalue weighted by molar-refractivity contribution is 0.202. The Labute approximate surface area is 108 Å². The first-order chi connectivity index (χ1) is 8.83. The molecule has 0 bridgehead atoms. The molecule has 3 nitrogen and oxygen atoms in total. The number of pyridine rings is 1. The van der Waals surface area contributed by atoms with E-state index in [0.717, 1.165) is 24.4 Å². The van der Waals surface area contributed by atoms with Gasteiger partial charge in [0.1, 0.15) is 5.82 Å². The minimum atomic E-state index is 0.750. The van der Waals surface area contributed by atoms with E-state index in [1.54, 1.807) is 7.11 Å². The molecule has 18 heavy (non-hydrogen) atoms. The fourth-order valence-electron chi connectivity index (χ4n) is 1.84. The Morgan fingerprint density at radius 3 is 2.72 bits per heavy atom. The Morgan fingerprint density at radius 2 is 2.06 bits per heavy atom. The summed E-state index contributed by atoms with van der Waals surface area (Å²) in [5, 5.41) is 3.02. The van der Waals surface area contributed by atoms with Crippen LogP contribution in [-0.2, 0) is 11.2 Å². The van der Waals surface area contributed by atoms with Crippen molar-refractivity contribution in [3.63, 3.8) is 0 Å². The summed E-state index contributed by atoms with van der Waals surface area (Å²) in [6, 6.07) is 12.6. The molecular weight excluding hydrogens is 224 g/mol. The zero-order chi connectivity index (χ0) is 12.8. The van der Waals surface area contributed by atoms with Crippen LogP contribution in [-0.4, -0.2) is 25.7 Å². The normalized spacial score (nSPS) is 10.3. The lowest BCUT2D eigenvalue weighted by Gasteiger charge is -2.06. The molecule has 3 heteroatoms. The van der Waals surface area contributed by atoms with E-state index >= 15 is 0 Å². The summed E-state index contributed by atoms with van der Waals surface area (Å²) >= 11 is 0. The van der Waals surface area contributed by atoms with Gasteiger partial charge in [0.25, 0.3) is 0 Å². The second-order valence-electron chi connectivity index (χ2n) is 4.13. The molecule has 1 aromatic carbocycles. The Bertz CT molecular complexity index is 494. The van der Waals surface area contributed by atoms with Gasteiger partial charge in [0.05, 0.1) is 6.61 Å². The van der Waals surface area contributed by atoms with E-state index in [9.17, 15) is 0 Å². The van der Waals surface area contributed by atoms with Gasteiger partial charge in [-0.3, -0.25) is 0 Å². The summed E-state index contributed by atoms with van der Waals surface area (Å²) in [6.45, 7) is 0.750. The van der Waals surface area contributed by atoms with E-state index in [1.807, 2.05) is 19.3 Å². The second kappa shape index (κ2) is 6.17. The third-order valence-corrected chi connectivity index (χ3v) is 2.87. The van der Waals surface area contributed by atoms with Gasteiger partial charge in [-0.1, -0.05) is 24.3 Å². The third kappa shape index (κ3) is 3.08. The number of nitrogens with zero attached hydrogens (tertiary/aromatic N) is 1. The first-order valence-electron chi connectivity index (χ1n) is 6.05. The van der Waals surface area contributed by atoms with E-state index in [4.69, 9.17) is 4.74 Å². The molecule has 0 amide bonds. The van der Waals surface area contributed by atoms with Gasteiger partial charge in [-0.25, -0.2) is 4.98 Å². The molecule has 2 aromatic rings. The van der Waals surface area contributed by atoms with Gasteiger partial charge in [0.15, 0.2) is 0 Å². The minimum absolute atomic E-state index is 0.750. The molecule has 0 unspecified atom stereocenters. The van der Waals surface area contributed by atoms with E-state index in [-0.39, 0.29) is 0 Å². The molecule has 0 radical (unpaired) electrons. The predicted octanol–water partition coefficient (Wildman–Crippen LogP) is 2.98. The molecule has 0 aliphatic rings. The fourth-order valence-corrected chi connectivity index (χ4v) is 1.84. The SMILES string of the molecule is CNc1ccc(-c2cccc(CCOC)c2)cn1. The molecule has 0 aliphatic carbocycles. The maximum atomic E-state index is 5.10. The van der Waals surface area contributed by atoms with Crippen LogP contribution in [0.4, 0.5) is 5.82 Å². The van der Waals surface area contributed by atoms with E-state index in [1.165, 1.54) is 11.1 Å². The molecule has 1 aromatic heterocycles. The molecular formula is C15H18N2O. The first kappa shape index (κ1) is 12.6. The highest BCUT2D eigenvalue weighted by Crippen LogP contribution is 2.20. The van der Waals surface area contributed by atoms with Crippen molar-refractivity contribution in [2.45, 2.75) is 6.42 Å². The largest absolute Gasteiger partial charge is 0.384 e. The van der Waals surface area contributed by atoms with Crippen molar-refractivity contribution in [3.8, 4) is 11.1 Å². The number of hydrogen-bond donors (Lipinski definition) is 1. The maximum Gasteiger partial charge on any atom is 0.125 e. The summed E-state index contributed by atoms with van der Waals surface area (Å²) in [4.78, 5) is 4.33. The predicted molar refractivity (Wildman–Crippen MR) is 74.8 cm³/mol. The van der Waals surface area contributed by atoms with Crippen molar-refractivity contribution in [1.29, 1.82) is 0 Å². The minimum Gasteiger partial charge on any atom is -0.384 e. The summed E-state index contributed by atoms with van der Waals surface area (Å²) in [6.07, 6.45) is 2.83. The molecule has 1 heterocycles. The number of hydrogen-bond acceptors (Lipinski definition) is 3. The number of anilines is 1. The van der Waals surface area contributed by atoms with Crippen LogP contribution in [0, 0.1) is 0 Å². The summed E-state index contributed by atoms with van der Waals surface area (Å²) in [5.74, 6) is 0.884. The molecule has 0 fully saturated rings. The average molecular weight is 242 g/mol. The zero-order valence-corrected chi connectivity index (χ0v) is 10.8. The van der Waals surface area contributed by atoms with Gasteiger partial charge in [0, 0.05) is 25.9 Å². The number of rotatable bonds is 5. The smallest absolute Gasteiger partial charge is 0.125 e. The molecule has 0 aliphatic heterocycles. The van der Waals surface area contributed by atoms with Gasteiger partial charge in [0.2, 0.25) is 0 Å². The van der Waals surface area contributed by atoms with Crippen molar-refractivity contribution >= 4 is 5.82 Å². The summed E-state index contributed by atoms with van der Waals surface area (Å²) in [5.41, 5.74) is 3.61. The Balaban J connectivity index is 2.20. The van der Waals surface area contributed by atoms with Crippen LogP contribution >= 0.6 is 0 Å². The van der Waals surface area contributed by atoms with Crippen LogP contribution < -0.4 is 5.32 Å². The van der Waals surface area contributed by atoms with Crippen molar-refractivity contribution in [3.05, 3.63) is 48.2 Å². The molecule has 0 atom stereocenters. The first-order valence-corrected chi connectivity index (χ1v) is 6.05. The highest BCUT2D eigenvalue weighted by molar-refractivity contribution is 5.64. The summed E-state index contributed by atoms with van der Waals surface area (Å²) < 4.78 is 5.10. The van der Waals surface area contributed by atoms with Gasteiger partial charge < -0.3 is 10.1 Å². The highest BCUT2D eigenvalue weighted by Gasteiger charge is 2.00. The summed E-state index contributed by atoms with van der Waals surface area (Å²) in [7, 11) is 3.59. The van der Waals surface area contributed by atoms with E-state index in [0.29, 0.717) is 0 Å². The average Bonchev–Trinajstić information content (AvgIpc) is 2.45. The van der Waals surface area contributed by atoms with E-state index in [2.05, 4.69) is 40.6 Å². The van der Waals surface area contributed by atoms with Crippen LogP contribution in [0.3, 0.4) is 0 Å². The Morgan fingerprint density at radius 1 is 1.17 bits per heavy atom. The molecule has 0 spiro atoms. The molecule has 2 rings (SSSR count). The van der Waals surface area contributed by atoms with Gasteiger partial charge >= 0.3 is 0 Å². The van der Waals surface area contributed by atoms with Crippen LogP contribution in [0.1, 0.15) is 5.56 Å². The van der Waals surface area contributed by atoms with Crippen molar-refractivity contribution in [2.75, 3.05) is 26.1 Å². The number of methoxy groups -OCH3 is 1. The van der Waals surface area contributed by atoms with Crippen LogP contribution in [0.15, 0.2) is 42.6 Å². The third-order valence-electron chi connectivity index (χ3n) is 2.87. The number of benzene rings is 1. The molecule has 0 saturated carbocycles. The quantitative estimate of drug-likeness (QED) is 0.875. The monoisotopic (exact) mass is 242 g/mol. The number of nitrogens with one attached hydrogen (secondary N) is 1. The second-order valence-corrected chi connectivity index (χ2v) is 4.13. The van der Waals surface area contributed by atoms with Gasteiger partial charge in [-0.15, -0.1) is 0 Å². The molecule has 1 N–H and O–H groups in total. The van der Waals surface area contributed by atoms with Crippen molar-refractivity contribution in [2.24, 2.45) is 0 Å².